The molecule has 0 unspecified atom stereocenters. The van der Waals surface area contributed by atoms with Crippen molar-refractivity contribution in [2.45, 2.75) is 0 Å². The number of methoxy groups -OCH3 is 1. The molecule has 0 bridgehead atoms. The molecule has 0 atom stereocenters. The molecule has 16 heavy (non-hydrogen) atoms. The van der Waals surface area contributed by atoms with E-state index in [4.69, 9.17) is 27.9 Å². The van der Waals surface area contributed by atoms with Gasteiger partial charge in [0.1, 0.15) is 5.75 Å². The Morgan fingerprint density at radius 1 is 0.938 bits per heavy atom. The molecule has 0 saturated heterocycles. The standard InChI is InChI=1S/C13H10Cl2O/c1-16-13-6-5-10(8-12(13)15)9-3-2-4-11(14)7-9/h2-8H,1H3. The van der Waals surface area contributed by atoms with Gasteiger partial charge < -0.3 is 4.74 Å². The summed E-state index contributed by atoms with van der Waals surface area (Å²) in [5, 5.41) is 1.31. The van der Waals surface area contributed by atoms with Crippen LogP contribution in [0.2, 0.25) is 10.0 Å². The summed E-state index contributed by atoms with van der Waals surface area (Å²) in [5.74, 6) is 0.674. The lowest BCUT2D eigenvalue weighted by atomic mass is 10.1. The number of hydrogen-bond donors (Lipinski definition) is 0. The van der Waals surface area contributed by atoms with Crippen LogP contribution in [0.25, 0.3) is 11.1 Å². The third kappa shape index (κ3) is 2.31. The summed E-state index contributed by atoms with van der Waals surface area (Å²) >= 11 is 12.0. The molecule has 0 aliphatic heterocycles. The molecular weight excluding hydrogens is 243 g/mol. The minimum absolute atomic E-state index is 0.597. The fourth-order valence-corrected chi connectivity index (χ4v) is 1.96. The van der Waals surface area contributed by atoms with Crippen molar-refractivity contribution in [1.82, 2.24) is 0 Å². The Morgan fingerprint density at radius 3 is 2.31 bits per heavy atom. The quantitative estimate of drug-likeness (QED) is 0.755. The predicted molar refractivity (Wildman–Crippen MR) is 68.5 cm³/mol. The Kier molecular flexibility index (Phi) is 3.37. The largest absolute Gasteiger partial charge is 0.495 e. The van der Waals surface area contributed by atoms with Crippen LogP contribution < -0.4 is 4.74 Å². The van der Waals surface area contributed by atoms with Gasteiger partial charge in [-0.1, -0.05) is 41.4 Å². The minimum atomic E-state index is 0.597. The number of hydrogen-bond acceptors (Lipinski definition) is 1. The summed E-state index contributed by atoms with van der Waals surface area (Å²) in [6.45, 7) is 0. The van der Waals surface area contributed by atoms with E-state index in [1.807, 2.05) is 42.5 Å². The minimum Gasteiger partial charge on any atom is -0.495 e. The fraction of sp³-hybridized carbons (Fsp3) is 0.0769. The lowest BCUT2D eigenvalue weighted by Crippen LogP contribution is -1.85. The number of benzene rings is 2. The summed E-state index contributed by atoms with van der Waals surface area (Å²) in [7, 11) is 1.60. The molecule has 2 aromatic rings. The highest BCUT2D eigenvalue weighted by atomic mass is 35.5. The highest BCUT2D eigenvalue weighted by Gasteiger charge is 2.03. The molecule has 2 rings (SSSR count). The lowest BCUT2D eigenvalue weighted by Gasteiger charge is -2.06. The Balaban J connectivity index is 2.45. The van der Waals surface area contributed by atoms with Crippen LogP contribution in [-0.4, -0.2) is 7.11 Å². The molecule has 82 valence electrons. The highest BCUT2D eigenvalue weighted by Crippen LogP contribution is 2.30. The van der Waals surface area contributed by atoms with Crippen LogP contribution in [0.1, 0.15) is 0 Å². The summed E-state index contributed by atoms with van der Waals surface area (Å²) < 4.78 is 5.10. The van der Waals surface area contributed by atoms with Gasteiger partial charge in [-0.25, -0.2) is 0 Å². The molecule has 2 aromatic carbocycles. The zero-order valence-electron chi connectivity index (χ0n) is 8.71. The molecule has 0 aliphatic carbocycles. The Labute approximate surface area is 105 Å². The second-order valence-electron chi connectivity index (χ2n) is 3.36. The van der Waals surface area contributed by atoms with Gasteiger partial charge in [0.05, 0.1) is 12.1 Å². The molecule has 0 N–H and O–H groups in total. The van der Waals surface area contributed by atoms with Crippen molar-refractivity contribution >= 4 is 23.2 Å². The smallest absolute Gasteiger partial charge is 0.137 e. The maximum Gasteiger partial charge on any atom is 0.137 e. The number of halogens is 2. The summed E-state index contributed by atoms with van der Waals surface area (Å²) in [6.07, 6.45) is 0. The van der Waals surface area contributed by atoms with Gasteiger partial charge in [-0.15, -0.1) is 0 Å². The van der Waals surface area contributed by atoms with E-state index in [9.17, 15) is 0 Å². The van der Waals surface area contributed by atoms with E-state index in [1.165, 1.54) is 0 Å². The molecule has 0 aliphatic rings. The van der Waals surface area contributed by atoms with Crippen molar-refractivity contribution < 1.29 is 4.74 Å². The van der Waals surface area contributed by atoms with Gasteiger partial charge in [0.15, 0.2) is 0 Å². The number of rotatable bonds is 2. The molecular formula is C13H10Cl2O. The van der Waals surface area contributed by atoms with Crippen LogP contribution in [0.3, 0.4) is 0 Å². The predicted octanol–water partition coefficient (Wildman–Crippen LogP) is 4.67. The second kappa shape index (κ2) is 4.77. The van der Waals surface area contributed by atoms with Crippen molar-refractivity contribution in [3.05, 3.63) is 52.5 Å². The normalized spacial score (nSPS) is 10.2. The first-order valence-corrected chi connectivity index (χ1v) is 5.56. The first kappa shape index (κ1) is 11.3. The summed E-state index contributed by atoms with van der Waals surface area (Å²) in [5.41, 5.74) is 2.06. The average Bonchev–Trinajstić information content (AvgIpc) is 2.29. The Bertz CT molecular complexity index is 509. The van der Waals surface area contributed by atoms with Crippen molar-refractivity contribution in [2.75, 3.05) is 7.11 Å². The lowest BCUT2D eigenvalue weighted by molar-refractivity contribution is 0.415. The first-order valence-electron chi connectivity index (χ1n) is 4.80. The second-order valence-corrected chi connectivity index (χ2v) is 4.20. The van der Waals surface area contributed by atoms with Crippen molar-refractivity contribution in [1.29, 1.82) is 0 Å². The van der Waals surface area contributed by atoms with Gasteiger partial charge in [0, 0.05) is 5.02 Å². The summed E-state index contributed by atoms with van der Waals surface area (Å²) in [4.78, 5) is 0. The van der Waals surface area contributed by atoms with Crippen molar-refractivity contribution in [2.24, 2.45) is 0 Å². The molecule has 1 nitrogen and oxygen atoms in total. The van der Waals surface area contributed by atoms with Gasteiger partial charge in [-0.05, 0) is 35.4 Å². The van der Waals surface area contributed by atoms with Crippen LogP contribution in [0.15, 0.2) is 42.5 Å². The van der Waals surface area contributed by atoms with E-state index < -0.39 is 0 Å². The van der Waals surface area contributed by atoms with Gasteiger partial charge in [-0.3, -0.25) is 0 Å². The van der Waals surface area contributed by atoms with Crippen LogP contribution in [0, 0.1) is 0 Å². The van der Waals surface area contributed by atoms with E-state index in [-0.39, 0.29) is 0 Å². The Morgan fingerprint density at radius 2 is 1.69 bits per heavy atom. The topological polar surface area (TPSA) is 9.23 Å². The Hall–Kier alpha value is -1.18. The molecule has 0 radical (unpaired) electrons. The molecule has 0 fully saturated rings. The van der Waals surface area contributed by atoms with Crippen molar-refractivity contribution in [3.8, 4) is 16.9 Å². The van der Waals surface area contributed by atoms with E-state index >= 15 is 0 Å². The molecule has 0 amide bonds. The maximum atomic E-state index is 6.06. The van der Waals surface area contributed by atoms with E-state index in [2.05, 4.69) is 0 Å². The third-order valence-electron chi connectivity index (χ3n) is 2.31. The van der Waals surface area contributed by atoms with Crippen molar-refractivity contribution in [3.63, 3.8) is 0 Å². The fourth-order valence-electron chi connectivity index (χ4n) is 1.51. The summed E-state index contributed by atoms with van der Waals surface area (Å²) in [6, 6.07) is 13.3. The SMILES string of the molecule is COc1ccc(-c2cccc(Cl)c2)cc1Cl. The molecule has 0 spiro atoms. The van der Waals surface area contributed by atoms with Gasteiger partial charge in [-0.2, -0.15) is 0 Å². The molecule has 0 saturated carbocycles. The van der Waals surface area contributed by atoms with E-state index in [0.717, 1.165) is 11.1 Å². The number of ether oxygens (including phenoxy) is 1. The maximum absolute atomic E-state index is 6.06. The van der Waals surface area contributed by atoms with Crippen LogP contribution in [0.5, 0.6) is 5.75 Å². The molecule has 0 aromatic heterocycles. The van der Waals surface area contributed by atoms with Gasteiger partial charge in [0.25, 0.3) is 0 Å². The molecule has 0 heterocycles. The zero-order chi connectivity index (χ0) is 11.5. The van der Waals surface area contributed by atoms with Crippen LogP contribution in [-0.2, 0) is 0 Å². The molecule has 3 heteroatoms. The van der Waals surface area contributed by atoms with E-state index in [0.29, 0.717) is 15.8 Å². The highest BCUT2D eigenvalue weighted by molar-refractivity contribution is 6.32. The van der Waals surface area contributed by atoms with Gasteiger partial charge in [0.2, 0.25) is 0 Å². The zero-order valence-corrected chi connectivity index (χ0v) is 10.2. The average molecular weight is 253 g/mol. The van der Waals surface area contributed by atoms with E-state index in [1.54, 1.807) is 7.11 Å². The van der Waals surface area contributed by atoms with Gasteiger partial charge >= 0.3 is 0 Å². The monoisotopic (exact) mass is 252 g/mol. The first-order chi connectivity index (χ1) is 7.70. The van der Waals surface area contributed by atoms with Crippen LogP contribution in [0.4, 0.5) is 0 Å². The van der Waals surface area contributed by atoms with Crippen LogP contribution >= 0.6 is 23.2 Å². The third-order valence-corrected chi connectivity index (χ3v) is 2.84.